The van der Waals surface area contributed by atoms with Gasteiger partial charge < -0.3 is 14.1 Å². The monoisotopic (exact) mass is 485 g/mol. The highest BCUT2D eigenvalue weighted by molar-refractivity contribution is 7.89. The number of methoxy groups -OCH3 is 1. The van der Waals surface area contributed by atoms with Crippen LogP contribution in [-0.2, 0) is 21.4 Å². The lowest BCUT2D eigenvalue weighted by Crippen LogP contribution is -2.53. The molecule has 1 aliphatic rings. The molecule has 0 fully saturated rings. The molecule has 1 aliphatic heterocycles. The van der Waals surface area contributed by atoms with Crippen LogP contribution < -0.4 is 15.1 Å². The molecule has 1 unspecified atom stereocenters. The number of sulfonamides is 1. The fraction of sp³-hybridized carbons (Fsp3) is 0.217. The van der Waals surface area contributed by atoms with Crippen LogP contribution >= 0.6 is 0 Å². The maximum atomic E-state index is 13.6. The number of nitrogens with one attached hydrogen (secondary N) is 1. The largest absolute Gasteiger partial charge is 0.497 e. The van der Waals surface area contributed by atoms with E-state index in [0.717, 1.165) is 4.31 Å². The Morgan fingerprint density at radius 2 is 1.82 bits per heavy atom. The summed E-state index contributed by atoms with van der Waals surface area (Å²) in [5.41, 5.74) is 3.08. The van der Waals surface area contributed by atoms with E-state index in [4.69, 9.17) is 9.15 Å². The number of carbonyl (C=O) groups is 2. The molecule has 10 nitrogen and oxygen atoms in total. The quantitative estimate of drug-likeness (QED) is 0.419. The topological polar surface area (TPSA) is 129 Å². The Morgan fingerprint density at radius 3 is 2.44 bits per heavy atom. The number of para-hydroxylation sites is 1. The maximum absolute atomic E-state index is 13.6. The molecule has 11 heteroatoms. The van der Waals surface area contributed by atoms with Gasteiger partial charge in [-0.2, -0.15) is 4.31 Å². The minimum absolute atomic E-state index is 0.0665. The number of amides is 2. The van der Waals surface area contributed by atoms with Crippen LogP contribution in [0.2, 0.25) is 0 Å². The average Bonchev–Trinajstić information content (AvgIpc) is 3.20. The molecule has 0 saturated carbocycles. The Hall–Kier alpha value is -3.67. The Balaban J connectivity index is 1.83. The SMILES string of the molecule is COc1ccc(S(=O)(=O)N2Cc3ccccc3N(C(=O)c3occc3C)CC2C(=O)NO)cc1. The number of carbonyl (C=O) groups excluding carboxylic acids is 2. The molecule has 0 spiro atoms. The fourth-order valence-corrected chi connectivity index (χ4v) is 5.44. The third-order valence-electron chi connectivity index (χ3n) is 5.69. The van der Waals surface area contributed by atoms with Crippen molar-refractivity contribution in [2.24, 2.45) is 0 Å². The number of aryl methyl sites for hydroxylation is 1. The van der Waals surface area contributed by atoms with Gasteiger partial charge in [0.25, 0.3) is 11.8 Å². The first kappa shape index (κ1) is 23.5. The van der Waals surface area contributed by atoms with E-state index in [-0.39, 0.29) is 23.7 Å². The highest BCUT2D eigenvalue weighted by Gasteiger charge is 2.42. The molecule has 0 radical (unpaired) electrons. The van der Waals surface area contributed by atoms with Crippen LogP contribution in [0.25, 0.3) is 0 Å². The molecule has 34 heavy (non-hydrogen) atoms. The van der Waals surface area contributed by atoms with Crippen molar-refractivity contribution in [3.8, 4) is 5.75 Å². The van der Waals surface area contributed by atoms with Crippen molar-refractivity contribution in [2.45, 2.75) is 24.4 Å². The van der Waals surface area contributed by atoms with Crippen molar-refractivity contribution >= 4 is 27.5 Å². The van der Waals surface area contributed by atoms with Crippen LogP contribution in [-0.4, -0.2) is 49.4 Å². The highest BCUT2D eigenvalue weighted by atomic mass is 32.2. The van der Waals surface area contributed by atoms with Crippen molar-refractivity contribution < 1.29 is 32.4 Å². The van der Waals surface area contributed by atoms with E-state index in [2.05, 4.69) is 0 Å². The summed E-state index contributed by atoms with van der Waals surface area (Å²) in [6, 6.07) is 12.7. The molecule has 0 saturated heterocycles. The molecule has 2 amide bonds. The van der Waals surface area contributed by atoms with Gasteiger partial charge in [0.15, 0.2) is 5.76 Å². The lowest BCUT2D eigenvalue weighted by atomic mass is 10.1. The van der Waals surface area contributed by atoms with E-state index in [9.17, 15) is 23.2 Å². The fourth-order valence-electron chi connectivity index (χ4n) is 3.88. The summed E-state index contributed by atoms with van der Waals surface area (Å²) in [6.07, 6.45) is 1.38. The summed E-state index contributed by atoms with van der Waals surface area (Å²) in [6.45, 7) is 1.15. The minimum atomic E-state index is -4.22. The number of ether oxygens (including phenoxy) is 1. The van der Waals surface area contributed by atoms with Crippen molar-refractivity contribution in [1.29, 1.82) is 0 Å². The Kier molecular flexibility index (Phi) is 6.42. The maximum Gasteiger partial charge on any atom is 0.294 e. The summed E-state index contributed by atoms with van der Waals surface area (Å²) < 4.78 is 38.7. The molecule has 2 heterocycles. The summed E-state index contributed by atoms with van der Waals surface area (Å²) >= 11 is 0. The zero-order valence-corrected chi connectivity index (χ0v) is 19.3. The van der Waals surface area contributed by atoms with Crippen molar-refractivity contribution in [3.63, 3.8) is 0 Å². The first-order chi connectivity index (χ1) is 16.3. The molecule has 1 atom stereocenters. The highest BCUT2D eigenvalue weighted by Crippen LogP contribution is 2.33. The minimum Gasteiger partial charge on any atom is -0.497 e. The molecule has 2 N–H and O–H groups in total. The molecular formula is C23H23N3O7S. The van der Waals surface area contributed by atoms with Gasteiger partial charge in [0.1, 0.15) is 11.8 Å². The zero-order chi connectivity index (χ0) is 24.5. The molecular weight excluding hydrogens is 462 g/mol. The summed E-state index contributed by atoms with van der Waals surface area (Å²) in [5, 5.41) is 9.41. The van der Waals surface area contributed by atoms with E-state index in [1.54, 1.807) is 42.7 Å². The number of benzene rings is 2. The third-order valence-corrected chi connectivity index (χ3v) is 7.56. The van der Waals surface area contributed by atoms with Crippen LogP contribution in [0, 0.1) is 6.92 Å². The number of rotatable bonds is 5. The van der Waals surface area contributed by atoms with E-state index in [0.29, 0.717) is 22.6 Å². The van der Waals surface area contributed by atoms with Gasteiger partial charge in [0.2, 0.25) is 10.0 Å². The lowest BCUT2D eigenvalue weighted by Gasteiger charge is -2.29. The van der Waals surface area contributed by atoms with E-state index in [1.165, 1.54) is 42.5 Å². The Morgan fingerprint density at radius 1 is 1.12 bits per heavy atom. The van der Waals surface area contributed by atoms with Crippen LogP contribution in [0.5, 0.6) is 5.75 Å². The van der Waals surface area contributed by atoms with Gasteiger partial charge in [-0.3, -0.25) is 14.8 Å². The number of anilines is 1. The first-order valence-corrected chi connectivity index (χ1v) is 11.8. The number of hydrogen-bond acceptors (Lipinski definition) is 7. The summed E-state index contributed by atoms with van der Waals surface area (Å²) in [4.78, 5) is 27.4. The molecule has 0 bridgehead atoms. The summed E-state index contributed by atoms with van der Waals surface area (Å²) in [7, 11) is -2.76. The second-order valence-electron chi connectivity index (χ2n) is 7.69. The van der Waals surface area contributed by atoms with Gasteiger partial charge in [-0.25, -0.2) is 13.9 Å². The van der Waals surface area contributed by atoms with Gasteiger partial charge in [-0.1, -0.05) is 18.2 Å². The second kappa shape index (κ2) is 9.29. The van der Waals surface area contributed by atoms with E-state index < -0.39 is 27.9 Å². The molecule has 3 aromatic rings. The Labute approximate surface area is 196 Å². The number of hydroxylamine groups is 1. The van der Waals surface area contributed by atoms with Gasteiger partial charge in [0.05, 0.1) is 24.8 Å². The molecule has 4 rings (SSSR count). The molecule has 178 valence electrons. The van der Waals surface area contributed by atoms with Gasteiger partial charge >= 0.3 is 0 Å². The number of furan rings is 1. The predicted molar refractivity (Wildman–Crippen MR) is 121 cm³/mol. The zero-order valence-electron chi connectivity index (χ0n) is 18.5. The van der Waals surface area contributed by atoms with Crippen LogP contribution in [0.3, 0.4) is 0 Å². The van der Waals surface area contributed by atoms with Crippen molar-refractivity contribution in [2.75, 3.05) is 18.6 Å². The summed E-state index contributed by atoms with van der Waals surface area (Å²) in [5.74, 6) is -0.965. The first-order valence-electron chi connectivity index (χ1n) is 10.3. The smallest absolute Gasteiger partial charge is 0.294 e. The van der Waals surface area contributed by atoms with Crippen LogP contribution in [0.1, 0.15) is 21.7 Å². The predicted octanol–water partition coefficient (Wildman–Crippen LogP) is 2.32. The van der Waals surface area contributed by atoms with E-state index in [1.807, 2.05) is 0 Å². The average molecular weight is 486 g/mol. The number of hydrogen-bond donors (Lipinski definition) is 2. The second-order valence-corrected chi connectivity index (χ2v) is 9.59. The van der Waals surface area contributed by atoms with Crippen molar-refractivity contribution in [1.82, 2.24) is 9.79 Å². The normalized spacial score (nSPS) is 16.4. The Bertz CT molecular complexity index is 1320. The van der Waals surface area contributed by atoms with E-state index >= 15 is 0 Å². The van der Waals surface area contributed by atoms with Crippen molar-refractivity contribution in [3.05, 3.63) is 77.7 Å². The standard InChI is InChI=1S/C23H23N3O7S/c1-15-11-12-33-21(15)23(28)25-14-20(22(27)24-29)26(13-16-5-3-4-6-19(16)25)34(30,31)18-9-7-17(32-2)8-10-18/h3-12,20,29H,13-14H2,1-2H3,(H,24,27). The van der Waals surface area contributed by atoms with Gasteiger partial charge in [-0.15, -0.1) is 0 Å². The molecule has 2 aromatic carbocycles. The molecule has 1 aromatic heterocycles. The van der Waals surface area contributed by atoms with Gasteiger partial charge in [0, 0.05) is 17.8 Å². The lowest BCUT2D eigenvalue weighted by molar-refractivity contribution is -0.133. The third kappa shape index (κ3) is 4.16. The molecule has 0 aliphatic carbocycles. The number of fused-ring (bicyclic) bond motifs is 1. The van der Waals surface area contributed by atoms with Gasteiger partial charge in [-0.05, 0) is 48.9 Å². The van der Waals surface area contributed by atoms with Crippen LogP contribution in [0.4, 0.5) is 5.69 Å². The van der Waals surface area contributed by atoms with Crippen LogP contribution in [0.15, 0.2) is 70.2 Å². The number of nitrogens with zero attached hydrogens (tertiary/aromatic N) is 2.